The van der Waals surface area contributed by atoms with E-state index >= 15 is 0 Å². The van der Waals surface area contributed by atoms with Crippen molar-refractivity contribution in [3.63, 3.8) is 0 Å². The minimum atomic E-state index is 0.729. The summed E-state index contributed by atoms with van der Waals surface area (Å²) < 4.78 is 0. The van der Waals surface area contributed by atoms with Crippen molar-refractivity contribution in [2.24, 2.45) is 0 Å². The topological polar surface area (TPSA) is 3.24 Å². The van der Waals surface area contributed by atoms with Gasteiger partial charge in [-0.1, -0.05) is 37.1 Å². The first-order chi connectivity index (χ1) is 8.70. The summed E-state index contributed by atoms with van der Waals surface area (Å²) in [6.07, 6.45) is 5.19. The molecular formula is C16H24ClN. The Morgan fingerprint density at radius 3 is 2.39 bits per heavy atom. The molecule has 0 bridgehead atoms. The molecule has 0 radical (unpaired) electrons. The van der Waals surface area contributed by atoms with E-state index in [-0.39, 0.29) is 0 Å². The molecule has 1 heterocycles. The van der Waals surface area contributed by atoms with E-state index in [2.05, 4.69) is 30.9 Å². The summed E-state index contributed by atoms with van der Waals surface area (Å²) in [6, 6.07) is 9.17. The largest absolute Gasteiger partial charge is 0.301 e. The van der Waals surface area contributed by atoms with E-state index in [1.165, 1.54) is 44.3 Å². The van der Waals surface area contributed by atoms with Crippen molar-refractivity contribution < 1.29 is 0 Å². The summed E-state index contributed by atoms with van der Waals surface area (Å²) in [5, 5.41) is 0.841. The number of nitrogens with zero attached hydrogens (tertiary/aromatic N) is 1. The van der Waals surface area contributed by atoms with Crippen LogP contribution >= 0.6 is 11.6 Å². The lowest BCUT2D eigenvalue weighted by molar-refractivity contribution is 0.154. The fourth-order valence-corrected chi connectivity index (χ4v) is 3.13. The minimum absolute atomic E-state index is 0.729. The summed E-state index contributed by atoms with van der Waals surface area (Å²) in [4.78, 5) is 2.65. The maximum atomic E-state index is 5.94. The molecule has 1 saturated heterocycles. The summed E-state index contributed by atoms with van der Waals surface area (Å²) in [5.74, 6) is 0.729. The average Bonchev–Trinajstić information content (AvgIpc) is 2.40. The van der Waals surface area contributed by atoms with Crippen LogP contribution in [0.15, 0.2) is 24.3 Å². The SMILES string of the molecule is CCCC(C)N1CCC(c2ccc(Cl)cc2)CC1. The summed E-state index contributed by atoms with van der Waals surface area (Å²) in [6.45, 7) is 7.13. The Bertz CT molecular complexity index is 352. The van der Waals surface area contributed by atoms with Gasteiger partial charge in [-0.15, -0.1) is 0 Å². The lowest BCUT2D eigenvalue weighted by Crippen LogP contribution is -2.39. The molecule has 0 aliphatic carbocycles. The monoisotopic (exact) mass is 265 g/mol. The standard InChI is InChI=1S/C16H24ClN/c1-3-4-13(2)18-11-9-15(10-12-18)14-5-7-16(17)8-6-14/h5-8,13,15H,3-4,9-12H2,1-2H3. The zero-order chi connectivity index (χ0) is 13.0. The van der Waals surface area contributed by atoms with Gasteiger partial charge in [0, 0.05) is 11.1 Å². The Morgan fingerprint density at radius 1 is 1.22 bits per heavy atom. The molecule has 18 heavy (non-hydrogen) atoms. The van der Waals surface area contributed by atoms with Gasteiger partial charge in [0.05, 0.1) is 0 Å². The van der Waals surface area contributed by atoms with Crippen LogP contribution in [0.25, 0.3) is 0 Å². The lowest BCUT2D eigenvalue weighted by Gasteiger charge is -2.36. The van der Waals surface area contributed by atoms with Crippen LogP contribution in [-0.2, 0) is 0 Å². The van der Waals surface area contributed by atoms with Gasteiger partial charge in [0.1, 0.15) is 0 Å². The van der Waals surface area contributed by atoms with Crippen LogP contribution in [0.5, 0.6) is 0 Å². The molecule has 1 atom stereocenters. The van der Waals surface area contributed by atoms with Crippen LogP contribution in [0.3, 0.4) is 0 Å². The maximum Gasteiger partial charge on any atom is 0.0406 e. The van der Waals surface area contributed by atoms with Crippen LogP contribution in [0.2, 0.25) is 5.02 Å². The van der Waals surface area contributed by atoms with E-state index in [9.17, 15) is 0 Å². The second-order valence-corrected chi connectivity index (χ2v) is 5.94. The number of rotatable bonds is 4. The van der Waals surface area contributed by atoms with Gasteiger partial charge in [-0.05, 0) is 62.9 Å². The van der Waals surface area contributed by atoms with Crippen LogP contribution < -0.4 is 0 Å². The molecule has 0 spiro atoms. The third-order valence-electron chi connectivity index (χ3n) is 4.20. The van der Waals surface area contributed by atoms with E-state index in [1.807, 2.05) is 12.1 Å². The lowest BCUT2D eigenvalue weighted by atomic mass is 9.89. The van der Waals surface area contributed by atoms with Gasteiger partial charge in [-0.3, -0.25) is 0 Å². The Morgan fingerprint density at radius 2 is 1.83 bits per heavy atom. The van der Waals surface area contributed by atoms with Gasteiger partial charge < -0.3 is 4.90 Å². The van der Waals surface area contributed by atoms with Gasteiger partial charge in [-0.25, -0.2) is 0 Å². The van der Waals surface area contributed by atoms with Crippen molar-refractivity contribution in [3.8, 4) is 0 Å². The number of benzene rings is 1. The van der Waals surface area contributed by atoms with Crippen LogP contribution in [0, 0.1) is 0 Å². The zero-order valence-corrected chi connectivity index (χ0v) is 12.3. The van der Waals surface area contributed by atoms with Crippen LogP contribution in [0.4, 0.5) is 0 Å². The Kier molecular flexibility index (Phi) is 5.08. The van der Waals surface area contributed by atoms with Gasteiger partial charge in [0.2, 0.25) is 0 Å². The third kappa shape index (κ3) is 3.49. The van der Waals surface area contributed by atoms with Gasteiger partial charge in [0.15, 0.2) is 0 Å². The Hall–Kier alpha value is -0.530. The second kappa shape index (κ2) is 6.58. The number of halogens is 1. The van der Waals surface area contributed by atoms with E-state index in [0.717, 1.165) is 17.0 Å². The predicted octanol–water partition coefficient (Wildman–Crippen LogP) is 4.71. The van der Waals surface area contributed by atoms with Gasteiger partial charge in [0.25, 0.3) is 0 Å². The summed E-state index contributed by atoms with van der Waals surface area (Å²) in [5.41, 5.74) is 1.46. The Balaban J connectivity index is 1.88. The molecule has 0 aromatic heterocycles. The molecular weight excluding hydrogens is 242 g/mol. The highest BCUT2D eigenvalue weighted by atomic mass is 35.5. The average molecular weight is 266 g/mol. The third-order valence-corrected chi connectivity index (χ3v) is 4.45. The number of likely N-dealkylation sites (tertiary alicyclic amines) is 1. The molecule has 1 aromatic carbocycles. The second-order valence-electron chi connectivity index (χ2n) is 5.50. The van der Waals surface area contributed by atoms with Crippen molar-refractivity contribution in [2.45, 2.75) is 51.5 Å². The molecule has 100 valence electrons. The molecule has 1 nitrogen and oxygen atoms in total. The van der Waals surface area contributed by atoms with E-state index < -0.39 is 0 Å². The predicted molar refractivity (Wildman–Crippen MR) is 79.4 cm³/mol. The molecule has 1 fully saturated rings. The molecule has 2 rings (SSSR count). The molecule has 1 aliphatic heterocycles. The first kappa shape index (κ1) is 13.9. The maximum absolute atomic E-state index is 5.94. The van der Waals surface area contributed by atoms with Gasteiger partial charge in [-0.2, -0.15) is 0 Å². The van der Waals surface area contributed by atoms with Crippen molar-refractivity contribution in [1.82, 2.24) is 4.90 Å². The molecule has 1 unspecified atom stereocenters. The Labute approximate surface area is 116 Å². The highest BCUT2D eigenvalue weighted by molar-refractivity contribution is 6.30. The van der Waals surface area contributed by atoms with E-state index in [0.29, 0.717) is 0 Å². The molecule has 1 aromatic rings. The van der Waals surface area contributed by atoms with Crippen molar-refractivity contribution >= 4 is 11.6 Å². The first-order valence-electron chi connectivity index (χ1n) is 7.20. The van der Waals surface area contributed by atoms with Crippen LogP contribution in [-0.4, -0.2) is 24.0 Å². The zero-order valence-electron chi connectivity index (χ0n) is 11.5. The number of piperidine rings is 1. The smallest absolute Gasteiger partial charge is 0.0406 e. The molecule has 0 saturated carbocycles. The molecule has 1 aliphatic rings. The highest BCUT2D eigenvalue weighted by Crippen LogP contribution is 2.29. The number of hydrogen-bond donors (Lipinski definition) is 0. The highest BCUT2D eigenvalue weighted by Gasteiger charge is 2.23. The van der Waals surface area contributed by atoms with E-state index in [1.54, 1.807) is 0 Å². The number of hydrogen-bond acceptors (Lipinski definition) is 1. The minimum Gasteiger partial charge on any atom is -0.301 e. The summed E-state index contributed by atoms with van der Waals surface area (Å²) >= 11 is 5.94. The van der Waals surface area contributed by atoms with Crippen LogP contribution in [0.1, 0.15) is 51.0 Å². The van der Waals surface area contributed by atoms with Crippen molar-refractivity contribution in [2.75, 3.05) is 13.1 Å². The van der Waals surface area contributed by atoms with Crippen molar-refractivity contribution in [1.29, 1.82) is 0 Å². The molecule has 0 N–H and O–H groups in total. The molecule has 2 heteroatoms. The fraction of sp³-hybridized carbons (Fsp3) is 0.625. The summed E-state index contributed by atoms with van der Waals surface area (Å²) in [7, 11) is 0. The quantitative estimate of drug-likeness (QED) is 0.762. The van der Waals surface area contributed by atoms with Gasteiger partial charge >= 0.3 is 0 Å². The fourth-order valence-electron chi connectivity index (χ4n) is 3.01. The molecule has 0 amide bonds. The first-order valence-corrected chi connectivity index (χ1v) is 7.58. The van der Waals surface area contributed by atoms with Crippen molar-refractivity contribution in [3.05, 3.63) is 34.9 Å². The normalized spacial score (nSPS) is 19.9. The van der Waals surface area contributed by atoms with E-state index in [4.69, 9.17) is 11.6 Å².